The number of esters is 1. The highest BCUT2D eigenvalue weighted by Gasteiger charge is 2.21. The van der Waals surface area contributed by atoms with Crippen LogP contribution in [0.1, 0.15) is 59.8 Å². The van der Waals surface area contributed by atoms with Crippen molar-refractivity contribution < 1.29 is 13.9 Å². The Bertz CT molecular complexity index is 226. The number of alkyl halides is 1. The van der Waals surface area contributed by atoms with E-state index in [0.717, 1.165) is 31.4 Å². The molecule has 0 aromatic rings. The van der Waals surface area contributed by atoms with Crippen LogP contribution in [0.25, 0.3) is 0 Å². The molecule has 18 heavy (non-hydrogen) atoms. The van der Waals surface area contributed by atoms with E-state index in [2.05, 4.69) is 0 Å². The van der Waals surface area contributed by atoms with Crippen LogP contribution < -0.4 is 0 Å². The first-order valence-electron chi connectivity index (χ1n) is 6.77. The van der Waals surface area contributed by atoms with Gasteiger partial charge in [-0.2, -0.15) is 0 Å². The van der Waals surface area contributed by atoms with Gasteiger partial charge >= 0.3 is 5.97 Å². The van der Waals surface area contributed by atoms with Crippen molar-refractivity contribution in [1.82, 2.24) is 0 Å². The van der Waals surface area contributed by atoms with Crippen molar-refractivity contribution in [1.29, 1.82) is 0 Å². The quantitative estimate of drug-likeness (QED) is 0.463. The Labute approximate surface area is 115 Å². The fourth-order valence-corrected chi connectivity index (χ4v) is 2.35. The third-order valence-corrected chi connectivity index (χ3v) is 3.60. The molecule has 0 bridgehead atoms. The number of hydrogen-bond acceptors (Lipinski definition) is 3. The number of hydrogen-bond donors (Lipinski definition) is 0. The summed E-state index contributed by atoms with van der Waals surface area (Å²) in [7, 11) is 0. The molecule has 0 aromatic heterocycles. The zero-order chi connectivity index (χ0) is 14.0. The standard InChI is InChI=1S/C14H27FO2S/c1-12(13(16)17-14(2,3)4)18-11-9-7-5-6-8-10-15/h12H,5-11H2,1-4H3. The molecule has 0 aliphatic carbocycles. The van der Waals surface area contributed by atoms with E-state index in [9.17, 15) is 9.18 Å². The Hall–Kier alpha value is -0.250. The molecular weight excluding hydrogens is 251 g/mol. The molecule has 0 heterocycles. The lowest BCUT2D eigenvalue weighted by atomic mass is 10.2. The van der Waals surface area contributed by atoms with E-state index in [1.807, 2.05) is 27.7 Å². The van der Waals surface area contributed by atoms with Crippen molar-refractivity contribution in [2.75, 3.05) is 12.4 Å². The minimum atomic E-state index is -0.404. The van der Waals surface area contributed by atoms with Gasteiger partial charge in [0.05, 0.1) is 11.9 Å². The Morgan fingerprint density at radius 1 is 1.17 bits per heavy atom. The third-order valence-electron chi connectivity index (χ3n) is 2.38. The molecule has 0 spiro atoms. The number of unbranched alkanes of at least 4 members (excludes halogenated alkanes) is 4. The molecule has 4 heteroatoms. The second-order valence-corrected chi connectivity index (χ2v) is 6.95. The number of halogens is 1. The van der Waals surface area contributed by atoms with Crippen LogP contribution in [-0.4, -0.2) is 29.2 Å². The molecule has 0 aliphatic heterocycles. The molecule has 0 N–H and O–H groups in total. The highest BCUT2D eigenvalue weighted by molar-refractivity contribution is 8.00. The summed E-state index contributed by atoms with van der Waals surface area (Å²) >= 11 is 1.64. The predicted octanol–water partition coefficient (Wildman–Crippen LogP) is 4.37. The van der Waals surface area contributed by atoms with Crippen LogP contribution in [0.4, 0.5) is 4.39 Å². The van der Waals surface area contributed by atoms with Crippen LogP contribution in [-0.2, 0) is 9.53 Å². The molecule has 0 rings (SSSR count). The SMILES string of the molecule is CC(SCCCCCCCF)C(=O)OC(C)(C)C. The number of ether oxygens (including phenoxy) is 1. The highest BCUT2D eigenvalue weighted by Crippen LogP contribution is 2.18. The summed E-state index contributed by atoms with van der Waals surface area (Å²) in [5.41, 5.74) is -0.404. The fraction of sp³-hybridized carbons (Fsp3) is 0.929. The number of thioether (sulfide) groups is 1. The summed E-state index contributed by atoms with van der Waals surface area (Å²) in [4.78, 5) is 11.7. The van der Waals surface area contributed by atoms with Gasteiger partial charge in [0.25, 0.3) is 0 Å². The van der Waals surface area contributed by atoms with Crippen molar-refractivity contribution in [3.05, 3.63) is 0 Å². The van der Waals surface area contributed by atoms with E-state index < -0.39 is 5.60 Å². The van der Waals surface area contributed by atoms with Crippen LogP contribution >= 0.6 is 11.8 Å². The summed E-state index contributed by atoms with van der Waals surface area (Å²) in [5, 5.41) is -0.102. The smallest absolute Gasteiger partial charge is 0.319 e. The molecule has 1 atom stereocenters. The maximum absolute atomic E-state index is 11.8. The van der Waals surface area contributed by atoms with Gasteiger partial charge in [-0.05, 0) is 46.3 Å². The largest absolute Gasteiger partial charge is 0.459 e. The first-order chi connectivity index (χ1) is 8.37. The van der Waals surface area contributed by atoms with E-state index >= 15 is 0 Å². The lowest BCUT2D eigenvalue weighted by molar-refractivity contribution is -0.153. The summed E-state index contributed by atoms with van der Waals surface area (Å²) in [6.45, 7) is 7.33. The first kappa shape index (κ1) is 17.8. The zero-order valence-electron chi connectivity index (χ0n) is 12.1. The topological polar surface area (TPSA) is 26.3 Å². The van der Waals surface area contributed by atoms with Crippen LogP contribution in [0.3, 0.4) is 0 Å². The van der Waals surface area contributed by atoms with Crippen molar-refractivity contribution >= 4 is 17.7 Å². The maximum atomic E-state index is 11.8. The normalized spacial score (nSPS) is 13.4. The van der Waals surface area contributed by atoms with Crippen LogP contribution in [0, 0.1) is 0 Å². The van der Waals surface area contributed by atoms with Gasteiger partial charge in [-0.15, -0.1) is 11.8 Å². The average molecular weight is 278 g/mol. The van der Waals surface area contributed by atoms with Gasteiger partial charge in [-0.3, -0.25) is 9.18 Å². The Morgan fingerprint density at radius 3 is 2.28 bits per heavy atom. The van der Waals surface area contributed by atoms with Gasteiger partial charge in [0.1, 0.15) is 5.60 Å². The predicted molar refractivity (Wildman–Crippen MR) is 76.8 cm³/mol. The average Bonchev–Trinajstić information content (AvgIpc) is 2.25. The molecule has 0 radical (unpaired) electrons. The summed E-state index contributed by atoms with van der Waals surface area (Å²) in [5.74, 6) is 0.834. The lowest BCUT2D eigenvalue weighted by Crippen LogP contribution is -2.29. The molecule has 0 saturated carbocycles. The Balaban J connectivity index is 3.52. The first-order valence-corrected chi connectivity index (χ1v) is 7.82. The van der Waals surface area contributed by atoms with Crippen LogP contribution in [0.2, 0.25) is 0 Å². The van der Waals surface area contributed by atoms with Crippen LogP contribution in [0.15, 0.2) is 0 Å². The minimum absolute atomic E-state index is 0.102. The zero-order valence-corrected chi connectivity index (χ0v) is 12.9. The van der Waals surface area contributed by atoms with E-state index in [-0.39, 0.29) is 17.9 Å². The van der Waals surface area contributed by atoms with E-state index in [1.54, 1.807) is 11.8 Å². The molecule has 0 saturated heterocycles. The van der Waals surface area contributed by atoms with Gasteiger partial charge in [-0.1, -0.05) is 19.3 Å². The van der Waals surface area contributed by atoms with Crippen molar-refractivity contribution in [3.63, 3.8) is 0 Å². The van der Waals surface area contributed by atoms with E-state index in [1.165, 1.54) is 0 Å². The monoisotopic (exact) mass is 278 g/mol. The summed E-state index contributed by atoms with van der Waals surface area (Å²) < 4.78 is 17.2. The molecule has 0 aliphatic rings. The number of carbonyl (C=O) groups is 1. The maximum Gasteiger partial charge on any atom is 0.319 e. The van der Waals surface area contributed by atoms with Crippen molar-refractivity contribution in [2.24, 2.45) is 0 Å². The fourth-order valence-electron chi connectivity index (χ4n) is 1.44. The molecule has 108 valence electrons. The summed E-state index contributed by atoms with van der Waals surface area (Å²) in [6.07, 6.45) is 4.95. The van der Waals surface area contributed by atoms with Crippen molar-refractivity contribution in [2.45, 2.75) is 70.7 Å². The third kappa shape index (κ3) is 10.9. The summed E-state index contributed by atoms with van der Waals surface area (Å²) in [6, 6.07) is 0. The van der Waals surface area contributed by atoms with Gasteiger partial charge in [0.15, 0.2) is 0 Å². The molecule has 1 unspecified atom stereocenters. The van der Waals surface area contributed by atoms with E-state index in [0.29, 0.717) is 6.42 Å². The molecule has 0 aromatic carbocycles. The van der Waals surface area contributed by atoms with Gasteiger partial charge in [-0.25, -0.2) is 0 Å². The van der Waals surface area contributed by atoms with Gasteiger partial charge in [0, 0.05) is 0 Å². The Kier molecular flexibility index (Phi) is 9.52. The number of carbonyl (C=O) groups excluding carboxylic acids is 1. The highest BCUT2D eigenvalue weighted by atomic mass is 32.2. The van der Waals surface area contributed by atoms with E-state index in [4.69, 9.17) is 4.74 Å². The molecular formula is C14H27FO2S. The van der Waals surface area contributed by atoms with Crippen molar-refractivity contribution in [3.8, 4) is 0 Å². The second kappa shape index (κ2) is 9.65. The lowest BCUT2D eigenvalue weighted by Gasteiger charge is -2.22. The molecule has 0 amide bonds. The van der Waals surface area contributed by atoms with Crippen LogP contribution in [0.5, 0.6) is 0 Å². The molecule has 0 fully saturated rings. The minimum Gasteiger partial charge on any atom is -0.459 e. The second-order valence-electron chi connectivity index (χ2n) is 5.50. The van der Waals surface area contributed by atoms with Gasteiger partial charge < -0.3 is 4.74 Å². The van der Waals surface area contributed by atoms with Gasteiger partial charge in [0.2, 0.25) is 0 Å². The number of rotatable bonds is 9. The Morgan fingerprint density at radius 2 is 1.72 bits per heavy atom. The molecule has 2 nitrogen and oxygen atoms in total.